The maximum atomic E-state index is 12.4. The fraction of sp³-hybridized carbons (Fsp3) is 0.160. The van der Waals surface area contributed by atoms with Crippen molar-refractivity contribution in [3.05, 3.63) is 84.2 Å². The maximum absolute atomic E-state index is 12.4. The third kappa shape index (κ3) is 8.29. The zero-order valence-corrected chi connectivity index (χ0v) is 20.1. The van der Waals surface area contributed by atoms with Crippen LogP contribution in [-0.4, -0.2) is 68.7 Å². The Morgan fingerprint density at radius 3 is 2.05 bits per heavy atom. The molecule has 13 heteroatoms. The van der Waals surface area contributed by atoms with Crippen LogP contribution in [-0.2, 0) is 20.9 Å². The molecule has 200 valence electrons. The number of nitrogens with two attached hydrogens (primary N) is 1. The predicted octanol–water partition coefficient (Wildman–Crippen LogP) is 1.57. The third-order valence-electron chi connectivity index (χ3n) is 4.92. The van der Waals surface area contributed by atoms with E-state index < -0.39 is 30.2 Å². The van der Waals surface area contributed by atoms with Crippen LogP contribution < -0.4 is 16.0 Å². The van der Waals surface area contributed by atoms with Crippen molar-refractivity contribution < 1.29 is 44.3 Å². The van der Waals surface area contributed by atoms with E-state index in [2.05, 4.69) is 10.3 Å². The summed E-state index contributed by atoms with van der Waals surface area (Å²) in [4.78, 5) is 49.6. The molecule has 0 bridgehead atoms. The van der Waals surface area contributed by atoms with Gasteiger partial charge < -0.3 is 36.2 Å². The second kappa shape index (κ2) is 13.9. The molecule has 7 N–H and O–H groups in total. The average molecular weight is 527 g/mol. The van der Waals surface area contributed by atoms with Gasteiger partial charge in [0, 0.05) is 11.8 Å². The first kappa shape index (κ1) is 29.2. The predicted molar refractivity (Wildman–Crippen MR) is 135 cm³/mol. The largest absolute Gasteiger partial charge is 0.479 e. The number of hydrogen-bond donors (Lipinski definition) is 6. The van der Waals surface area contributed by atoms with Crippen molar-refractivity contribution in [2.45, 2.75) is 18.8 Å². The van der Waals surface area contributed by atoms with Gasteiger partial charge in [-0.05, 0) is 42.0 Å². The fourth-order valence-corrected chi connectivity index (χ4v) is 2.90. The highest BCUT2D eigenvalue weighted by atomic mass is 16.5. The average Bonchev–Trinajstić information content (AvgIpc) is 2.92. The summed E-state index contributed by atoms with van der Waals surface area (Å²) < 4.78 is 4.86. The number of carbonyl (C=O) groups is 4. The van der Waals surface area contributed by atoms with E-state index in [0.29, 0.717) is 22.6 Å². The number of carboxylic acids is 2. The molecule has 0 radical (unpaired) electrons. The van der Waals surface area contributed by atoms with E-state index in [-0.39, 0.29) is 12.5 Å². The van der Waals surface area contributed by atoms with Crippen LogP contribution >= 0.6 is 0 Å². The van der Waals surface area contributed by atoms with Crippen molar-refractivity contribution in [2.24, 2.45) is 0 Å². The molecule has 0 aliphatic heterocycles. The summed E-state index contributed by atoms with van der Waals surface area (Å²) in [5.74, 6) is -3.80. The number of aliphatic hydroxyl groups is 2. The number of aliphatic hydroxyl groups excluding tert-OH is 2. The molecule has 0 spiro atoms. The first-order chi connectivity index (χ1) is 18.0. The Morgan fingerprint density at radius 1 is 0.947 bits per heavy atom. The summed E-state index contributed by atoms with van der Waals surface area (Å²) in [7, 11) is 1.33. The molecule has 0 fully saturated rings. The van der Waals surface area contributed by atoms with Crippen LogP contribution in [0.5, 0.6) is 0 Å². The number of aliphatic carboxylic acids is 2. The van der Waals surface area contributed by atoms with E-state index in [1.54, 1.807) is 73.1 Å². The standard InChI is InChI=1S/C21H20N4O3.C4H6O6/c1-28-21(27)25(17-5-4-12-23-13-17)14-15-8-10-16(11-9-15)20(26)24-19-7-3-2-6-18(19)22;5-1(3(7)8)2(6)4(9)10/h2-13H,14,22H2,1H3,(H,24,26);1-2,5-6H,(H,7,8)(H,9,10). The Hall–Kier alpha value is -5.01. The number of pyridine rings is 1. The van der Waals surface area contributed by atoms with Gasteiger partial charge in [0.05, 0.1) is 36.9 Å². The number of anilines is 3. The monoisotopic (exact) mass is 526 g/mol. The molecule has 1 heterocycles. The molecular weight excluding hydrogens is 500 g/mol. The van der Waals surface area contributed by atoms with Gasteiger partial charge in [-0.1, -0.05) is 24.3 Å². The van der Waals surface area contributed by atoms with Crippen LogP contribution in [0.2, 0.25) is 0 Å². The number of nitrogens with one attached hydrogen (secondary N) is 1. The lowest BCUT2D eigenvalue weighted by atomic mass is 10.1. The molecule has 0 aliphatic carbocycles. The molecule has 2 unspecified atom stereocenters. The number of ether oxygens (including phenoxy) is 1. The van der Waals surface area contributed by atoms with Crippen molar-refractivity contribution in [1.82, 2.24) is 4.98 Å². The SMILES string of the molecule is COC(=O)N(Cc1ccc(C(=O)Nc2ccccc2N)cc1)c1cccnc1.O=C(O)C(O)C(O)C(=O)O. The van der Waals surface area contributed by atoms with E-state index in [4.69, 9.17) is 30.9 Å². The molecular formula is C25H26N4O9. The summed E-state index contributed by atoms with van der Waals surface area (Å²) in [5.41, 5.74) is 8.85. The van der Waals surface area contributed by atoms with Crippen molar-refractivity contribution in [1.29, 1.82) is 0 Å². The Bertz CT molecular complexity index is 1240. The molecule has 1 aromatic heterocycles. The molecule has 0 aliphatic rings. The van der Waals surface area contributed by atoms with Gasteiger partial charge in [-0.15, -0.1) is 0 Å². The molecule has 0 saturated heterocycles. The van der Waals surface area contributed by atoms with Crippen molar-refractivity contribution in [3.63, 3.8) is 0 Å². The van der Waals surface area contributed by atoms with Gasteiger partial charge in [0.15, 0.2) is 12.2 Å². The number of carboxylic acid groups (broad SMARTS) is 2. The van der Waals surface area contributed by atoms with Gasteiger partial charge in [0.1, 0.15) is 0 Å². The molecule has 3 aromatic rings. The number of carbonyl (C=O) groups excluding carboxylic acids is 2. The van der Waals surface area contributed by atoms with Crippen molar-refractivity contribution in [2.75, 3.05) is 23.1 Å². The summed E-state index contributed by atoms with van der Waals surface area (Å²) in [6.45, 7) is 0.284. The highest BCUT2D eigenvalue weighted by molar-refractivity contribution is 6.05. The number of methoxy groups -OCH3 is 1. The number of hydrogen-bond acceptors (Lipinski definition) is 9. The van der Waals surface area contributed by atoms with Gasteiger partial charge >= 0.3 is 18.0 Å². The summed E-state index contributed by atoms with van der Waals surface area (Å²) >= 11 is 0. The van der Waals surface area contributed by atoms with E-state index >= 15 is 0 Å². The Kier molecular flexibility index (Phi) is 10.7. The smallest absolute Gasteiger partial charge is 0.414 e. The minimum Gasteiger partial charge on any atom is -0.479 e. The molecule has 0 saturated carbocycles. The minimum absolute atomic E-state index is 0.262. The van der Waals surface area contributed by atoms with Crippen molar-refractivity contribution in [3.8, 4) is 0 Å². The highest BCUT2D eigenvalue weighted by Crippen LogP contribution is 2.20. The van der Waals surface area contributed by atoms with E-state index in [1.165, 1.54) is 12.0 Å². The number of amides is 2. The number of para-hydroxylation sites is 2. The normalized spacial score (nSPS) is 11.7. The van der Waals surface area contributed by atoms with Gasteiger partial charge in [0.25, 0.3) is 5.91 Å². The second-order valence-electron chi connectivity index (χ2n) is 7.57. The van der Waals surface area contributed by atoms with Gasteiger partial charge in [-0.3, -0.25) is 14.7 Å². The third-order valence-corrected chi connectivity index (χ3v) is 4.92. The summed E-state index contributed by atoms with van der Waals surface area (Å²) in [6, 6.07) is 17.5. The molecule has 2 amide bonds. The first-order valence-corrected chi connectivity index (χ1v) is 10.9. The molecule has 2 aromatic carbocycles. The number of nitrogens with zero attached hydrogens (tertiary/aromatic N) is 2. The minimum atomic E-state index is -2.27. The van der Waals surface area contributed by atoms with E-state index in [9.17, 15) is 19.2 Å². The van der Waals surface area contributed by atoms with Crippen molar-refractivity contribution >= 4 is 41.0 Å². The van der Waals surface area contributed by atoms with Crippen LogP contribution in [0.3, 0.4) is 0 Å². The number of benzene rings is 2. The summed E-state index contributed by atoms with van der Waals surface area (Å²) in [6.07, 6.45) is -1.81. The van der Waals surface area contributed by atoms with Gasteiger partial charge in [-0.2, -0.15) is 0 Å². The lowest BCUT2D eigenvalue weighted by molar-refractivity contribution is -0.165. The van der Waals surface area contributed by atoms with E-state index in [1.807, 2.05) is 0 Å². The quantitative estimate of drug-likeness (QED) is 0.232. The van der Waals surface area contributed by atoms with Crippen LogP contribution in [0.15, 0.2) is 73.1 Å². The van der Waals surface area contributed by atoms with Gasteiger partial charge in [-0.25, -0.2) is 14.4 Å². The Morgan fingerprint density at radius 2 is 1.55 bits per heavy atom. The molecule has 13 nitrogen and oxygen atoms in total. The second-order valence-corrected chi connectivity index (χ2v) is 7.57. The molecule has 3 rings (SSSR count). The van der Waals surface area contributed by atoms with Gasteiger partial charge in [0.2, 0.25) is 0 Å². The van der Waals surface area contributed by atoms with Crippen LogP contribution in [0, 0.1) is 0 Å². The van der Waals surface area contributed by atoms with Crippen LogP contribution in [0.4, 0.5) is 21.9 Å². The zero-order chi connectivity index (χ0) is 28.2. The number of aromatic nitrogens is 1. The van der Waals surface area contributed by atoms with E-state index in [0.717, 1.165) is 5.56 Å². The first-order valence-electron chi connectivity index (χ1n) is 10.9. The molecule has 38 heavy (non-hydrogen) atoms. The van der Waals surface area contributed by atoms with Crippen LogP contribution in [0.25, 0.3) is 0 Å². The number of rotatable bonds is 8. The lowest BCUT2D eigenvalue weighted by Crippen LogP contribution is -2.39. The zero-order valence-electron chi connectivity index (χ0n) is 20.1. The summed E-state index contributed by atoms with van der Waals surface area (Å²) in [5, 5.41) is 35.3. The number of nitrogen functional groups attached to an aromatic ring is 1. The lowest BCUT2D eigenvalue weighted by Gasteiger charge is -2.21. The maximum Gasteiger partial charge on any atom is 0.414 e. The fourth-order valence-electron chi connectivity index (χ4n) is 2.90. The Labute approximate surface area is 216 Å². The topological polar surface area (TPSA) is 213 Å². The van der Waals surface area contributed by atoms with Crippen LogP contribution in [0.1, 0.15) is 15.9 Å². The molecule has 2 atom stereocenters. The highest BCUT2D eigenvalue weighted by Gasteiger charge is 2.29. The Balaban J connectivity index is 0.000000432.